The Labute approximate surface area is 136 Å². The van der Waals surface area contributed by atoms with Crippen molar-refractivity contribution in [1.29, 1.82) is 5.26 Å². The Bertz CT molecular complexity index is 580. The van der Waals surface area contributed by atoms with Crippen molar-refractivity contribution in [2.24, 2.45) is 5.92 Å². The molecule has 2 rings (SSSR count). The third-order valence-corrected chi connectivity index (χ3v) is 5.25. The topological polar surface area (TPSA) is 62.1 Å². The van der Waals surface area contributed by atoms with E-state index in [4.69, 9.17) is 4.74 Å². The molecule has 0 bridgehead atoms. The van der Waals surface area contributed by atoms with E-state index >= 15 is 0 Å². The molecule has 22 heavy (non-hydrogen) atoms. The number of nitriles is 1. The van der Waals surface area contributed by atoms with Crippen LogP contribution in [0.5, 0.6) is 5.75 Å². The number of rotatable bonds is 7. The lowest BCUT2D eigenvalue weighted by Crippen LogP contribution is -2.47. The number of hydrogen-bond donors (Lipinski definition) is 1. The number of carbonyl (C=O) groups is 1. The molecule has 5 heteroatoms. The van der Waals surface area contributed by atoms with Crippen LogP contribution in [0.25, 0.3) is 0 Å². The van der Waals surface area contributed by atoms with Crippen molar-refractivity contribution >= 4 is 17.7 Å². The van der Waals surface area contributed by atoms with E-state index in [0.29, 0.717) is 11.7 Å². The van der Waals surface area contributed by atoms with E-state index in [1.165, 1.54) is 0 Å². The van der Waals surface area contributed by atoms with Crippen molar-refractivity contribution in [2.45, 2.75) is 37.5 Å². The second-order valence-electron chi connectivity index (χ2n) is 5.83. The maximum Gasteiger partial charge on any atom is 0.231 e. The number of ether oxygens (including phenoxy) is 1. The molecule has 1 fully saturated rings. The summed E-state index contributed by atoms with van der Waals surface area (Å²) >= 11 is 1.55. The number of benzene rings is 1. The largest absolute Gasteiger partial charge is 0.496 e. The van der Waals surface area contributed by atoms with Crippen LogP contribution in [0.3, 0.4) is 0 Å². The highest BCUT2D eigenvalue weighted by Crippen LogP contribution is 2.39. The van der Waals surface area contributed by atoms with Gasteiger partial charge in [-0.25, -0.2) is 0 Å². The van der Waals surface area contributed by atoms with Crippen LogP contribution >= 0.6 is 11.8 Å². The average Bonchev–Trinajstić information content (AvgIpc) is 3.37. The molecule has 1 aromatic rings. The van der Waals surface area contributed by atoms with Gasteiger partial charge in [-0.1, -0.05) is 18.2 Å². The number of nitrogens with one attached hydrogen (secondary N) is 1. The molecular weight excluding hydrogens is 296 g/mol. The smallest absolute Gasteiger partial charge is 0.231 e. The van der Waals surface area contributed by atoms with Gasteiger partial charge < -0.3 is 10.1 Å². The molecule has 2 atom stereocenters. The van der Waals surface area contributed by atoms with Gasteiger partial charge >= 0.3 is 0 Å². The van der Waals surface area contributed by atoms with Crippen LogP contribution in [-0.4, -0.2) is 24.3 Å². The summed E-state index contributed by atoms with van der Waals surface area (Å²) < 4.78 is 5.35. The van der Waals surface area contributed by atoms with Crippen LogP contribution in [0.4, 0.5) is 0 Å². The van der Waals surface area contributed by atoms with Crippen molar-refractivity contribution in [2.75, 3.05) is 12.9 Å². The summed E-state index contributed by atoms with van der Waals surface area (Å²) in [7, 11) is 1.65. The lowest BCUT2D eigenvalue weighted by molar-refractivity contribution is -0.119. The van der Waals surface area contributed by atoms with Crippen LogP contribution in [0.2, 0.25) is 0 Å². The summed E-state index contributed by atoms with van der Waals surface area (Å²) in [5.41, 5.74) is 0.360. The minimum atomic E-state index is -0.717. The molecule has 0 unspecified atom stereocenters. The Kier molecular flexibility index (Phi) is 5.36. The third kappa shape index (κ3) is 3.95. The number of thioether (sulfide) groups is 1. The van der Waals surface area contributed by atoms with E-state index in [-0.39, 0.29) is 11.2 Å². The summed E-state index contributed by atoms with van der Waals surface area (Å²) in [6.45, 7) is 3.87. The highest BCUT2D eigenvalue weighted by molar-refractivity contribution is 8.00. The monoisotopic (exact) mass is 318 g/mol. The molecule has 118 valence electrons. The molecule has 0 saturated heterocycles. The van der Waals surface area contributed by atoms with E-state index in [1.807, 2.05) is 31.2 Å². The van der Waals surface area contributed by atoms with Crippen LogP contribution in [0, 0.1) is 17.2 Å². The molecule has 1 aromatic carbocycles. The van der Waals surface area contributed by atoms with Gasteiger partial charge in [0.1, 0.15) is 11.3 Å². The molecule has 0 aromatic heterocycles. The molecule has 0 aliphatic heterocycles. The van der Waals surface area contributed by atoms with Crippen molar-refractivity contribution in [3.05, 3.63) is 29.8 Å². The maximum atomic E-state index is 12.1. The SMILES string of the molecule is COc1ccccc1[C@H](C)SCC(=O)N[C@@](C)(C#N)C1CC1. The normalized spacial score (nSPS) is 17.9. The van der Waals surface area contributed by atoms with Crippen LogP contribution in [0.1, 0.15) is 37.5 Å². The zero-order chi connectivity index (χ0) is 16.2. The molecule has 1 aliphatic rings. The first-order valence-electron chi connectivity index (χ1n) is 7.47. The second-order valence-corrected chi connectivity index (χ2v) is 7.16. The third-order valence-electron chi connectivity index (χ3n) is 4.07. The Morgan fingerprint density at radius 1 is 1.55 bits per heavy atom. The summed E-state index contributed by atoms with van der Waals surface area (Å²) in [5.74, 6) is 1.40. The van der Waals surface area contributed by atoms with Crippen LogP contribution in [0.15, 0.2) is 24.3 Å². The minimum absolute atomic E-state index is 0.0808. The number of para-hydroxylation sites is 1. The van der Waals surface area contributed by atoms with Gasteiger partial charge in [-0.15, -0.1) is 11.8 Å². The summed E-state index contributed by atoms with van der Waals surface area (Å²) in [6, 6.07) is 10.1. The maximum absolute atomic E-state index is 12.1. The lowest BCUT2D eigenvalue weighted by atomic mass is 9.98. The van der Waals surface area contributed by atoms with Gasteiger partial charge in [-0.2, -0.15) is 5.26 Å². The molecule has 1 saturated carbocycles. The van der Waals surface area contributed by atoms with Gasteiger partial charge in [0.05, 0.1) is 18.9 Å². The first-order valence-corrected chi connectivity index (χ1v) is 8.52. The van der Waals surface area contributed by atoms with Gasteiger partial charge in [0.15, 0.2) is 0 Å². The molecular formula is C17H22N2O2S. The Morgan fingerprint density at radius 2 is 2.23 bits per heavy atom. The minimum Gasteiger partial charge on any atom is -0.496 e. The van der Waals surface area contributed by atoms with E-state index in [2.05, 4.69) is 18.3 Å². The fourth-order valence-electron chi connectivity index (χ4n) is 2.50. The summed E-state index contributed by atoms with van der Waals surface area (Å²) in [5, 5.41) is 12.3. The van der Waals surface area contributed by atoms with Crippen molar-refractivity contribution in [3.8, 4) is 11.8 Å². The van der Waals surface area contributed by atoms with Gasteiger partial charge in [-0.3, -0.25) is 4.79 Å². The Hall–Kier alpha value is -1.67. The number of hydrogen-bond acceptors (Lipinski definition) is 4. The number of carbonyl (C=O) groups excluding carboxylic acids is 1. The van der Waals surface area contributed by atoms with Gasteiger partial charge in [-0.05, 0) is 38.7 Å². The van der Waals surface area contributed by atoms with Crippen molar-refractivity contribution < 1.29 is 9.53 Å². The number of amides is 1. The summed E-state index contributed by atoms with van der Waals surface area (Å²) in [6.07, 6.45) is 2.05. The van der Waals surface area contributed by atoms with Crippen molar-refractivity contribution in [1.82, 2.24) is 5.32 Å². The fraction of sp³-hybridized carbons (Fsp3) is 0.529. The molecule has 0 heterocycles. The number of nitrogens with zero attached hydrogens (tertiary/aromatic N) is 1. The van der Waals surface area contributed by atoms with Gasteiger partial charge in [0, 0.05) is 10.8 Å². The van der Waals surface area contributed by atoms with Crippen LogP contribution < -0.4 is 10.1 Å². The highest BCUT2D eigenvalue weighted by atomic mass is 32.2. The molecule has 1 N–H and O–H groups in total. The predicted molar refractivity (Wildman–Crippen MR) is 88.8 cm³/mol. The first-order chi connectivity index (χ1) is 10.5. The van der Waals surface area contributed by atoms with Crippen LogP contribution in [-0.2, 0) is 4.79 Å². The van der Waals surface area contributed by atoms with E-state index in [9.17, 15) is 10.1 Å². The Morgan fingerprint density at radius 3 is 2.82 bits per heavy atom. The predicted octanol–water partition coefficient (Wildman–Crippen LogP) is 3.30. The zero-order valence-corrected chi connectivity index (χ0v) is 14.1. The van der Waals surface area contributed by atoms with E-state index in [0.717, 1.165) is 24.2 Å². The van der Waals surface area contributed by atoms with Gasteiger partial charge in [0.25, 0.3) is 0 Å². The number of methoxy groups -OCH3 is 1. The van der Waals surface area contributed by atoms with E-state index < -0.39 is 5.54 Å². The molecule has 0 spiro atoms. The fourth-order valence-corrected chi connectivity index (χ4v) is 3.35. The standard InChI is InChI=1S/C17H22N2O2S/c1-12(14-6-4-5-7-15(14)21-3)22-10-16(20)19-17(2,11-18)13-8-9-13/h4-7,12-13H,8-10H2,1-3H3,(H,19,20)/t12-,17-/m0/s1. The zero-order valence-electron chi connectivity index (χ0n) is 13.3. The second kappa shape index (κ2) is 7.06. The molecule has 4 nitrogen and oxygen atoms in total. The molecule has 1 amide bonds. The lowest BCUT2D eigenvalue weighted by Gasteiger charge is -2.23. The average molecular weight is 318 g/mol. The van der Waals surface area contributed by atoms with Crippen molar-refractivity contribution in [3.63, 3.8) is 0 Å². The first kappa shape index (κ1) is 16.7. The Balaban J connectivity index is 1.89. The highest BCUT2D eigenvalue weighted by Gasteiger charge is 2.42. The summed E-state index contributed by atoms with van der Waals surface area (Å²) in [4.78, 5) is 12.1. The van der Waals surface area contributed by atoms with Gasteiger partial charge in [0.2, 0.25) is 5.91 Å². The van der Waals surface area contributed by atoms with E-state index in [1.54, 1.807) is 18.9 Å². The molecule has 0 radical (unpaired) electrons. The quantitative estimate of drug-likeness (QED) is 0.838. The molecule has 1 aliphatic carbocycles.